The van der Waals surface area contributed by atoms with Crippen LogP contribution < -0.4 is 4.31 Å². The van der Waals surface area contributed by atoms with E-state index in [-0.39, 0.29) is 9.99 Å². The van der Waals surface area contributed by atoms with Gasteiger partial charge in [0.05, 0.1) is 28.1 Å². The molecule has 1 heterocycles. The minimum absolute atomic E-state index is 0.110. The number of benzene rings is 1. The monoisotopic (exact) mass is 480 g/mol. The Bertz CT molecular complexity index is 1070. The zero-order chi connectivity index (χ0) is 22.4. The van der Waals surface area contributed by atoms with Crippen LogP contribution in [0.5, 0.6) is 0 Å². The van der Waals surface area contributed by atoms with Crippen molar-refractivity contribution in [3.63, 3.8) is 0 Å². The van der Waals surface area contributed by atoms with Crippen molar-refractivity contribution in [1.29, 1.82) is 5.26 Å². The third-order valence-corrected chi connectivity index (χ3v) is 5.07. The standard InChI is InChI=1S/C14H8Cl2F6N4O2S/c1-29(27,28)26(6-13(17,18)19)11-5-25(24-10(11)4-23)12-8(15)2-7(3-9(12)16)14(20,21)22/h2-3,5H,6H2,1H3. The van der Waals surface area contributed by atoms with Crippen LogP contribution in [-0.2, 0) is 16.2 Å². The van der Waals surface area contributed by atoms with E-state index in [1.54, 1.807) is 0 Å². The van der Waals surface area contributed by atoms with Gasteiger partial charge in [-0.25, -0.2) is 13.1 Å². The molecule has 0 saturated heterocycles. The Balaban J connectivity index is 2.68. The number of nitriles is 1. The number of halogens is 8. The predicted octanol–water partition coefficient (Wildman–Crippen LogP) is 4.40. The first-order chi connectivity index (χ1) is 13.0. The van der Waals surface area contributed by atoms with E-state index in [4.69, 9.17) is 28.5 Å². The largest absolute Gasteiger partial charge is 0.416 e. The molecule has 0 amide bonds. The molecule has 2 rings (SSSR count). The first kappa shape index (κ1) is 23.1. The Morgan fingerprint density at radius 3 is 2.07 bits per heavy atom. The molecule has 1 aromatic heterocycles. The van der Waals surface area contributed by atoms with Crippen LogP contribution in [-0.4, -0.2) is 37.2 Å². The van der Waals surface area contributed by atoms with E-state index < -0.39 is 55.9 Å². The topological polar surface area (TPSA) is 79.0 Å². The van der Waals surface area contributed by atoms with Gasteiger partial charge in [0, 0.05) is 0 Å². The van der Waals surface area contributed by atoms with Crippen LogP contribution in [0, 0.1) is 11.3 Å². The molecular formula is C14H8Cl2F6N4O2S. The molecule has 2 aromatic rings. The predicted molar refractivity (Wildman–Crippen MR) is 91.5 cm³/mol. The van der Waals surface area contributed by atoms with Gasteiger partial charge in [-0.05, 0) is 12.1 Å². The van der Waals surface area contributed by atoms with Crippen molar-refractivity contribution in [3.05, 3.63) is 39.6 Å². The van der Waals surface area contributed by atoms with E-state index in [0.717, 1.165) is 0 Å². The lowest BCUT2D eigenvalue weighted by Crippen LogP contribution is -2.38. The van der Waals surface area contributed by atoms with E-state index in [1.807, 2.05) is 0 Å². The number of rotatable bonds is 4. The minimum Gasteiger partial charge on any atom is -0.257 e. The zero-order valence-corrected chi connectivity index (χ0v) is 16.3. The maximum atomic E-state index is 12.8. The van der Waals surface area contributed by atoms with Crippen LogP contribution in [0.2, 0.25) is 10.0 Å². The van der Waals surface area contributed by atoms with Crippen molar-refractivity contribution in [2.75, 3.05) is 17.1 Å². The van der Waals surface area contributed by atoms with E-state index in [2.05, 4.69) is 5.10 Å². The Hall–Kier alpha value is -2.17. The summed E-state index contributed by atoms with van der Waals surface area (Å²) in [7, 11) is -4.50. The van der Waals surface area contributed by atoms with Gasteiger partial charge in [-0.1, -0.05) is 23.2 Å². The molecule has 0 N–H and O–H groups in total. The normalized spacial score (nSPS) is 12.7. The minimum atomic E-state index is -4.96. The first-order valence-electron chi connectivity index (χ1n) is 7.15. The lowest BCUT2D eigenvalue weighted by molar-refractivity contribution is -0.137. The van der Waals surface area contributed by atoms with Gasteiger partial charge >= 0.3 is 12.4 Å². The highest BCUT2D eigenvalue weighted by Gasteiger charge is 2.37. The lowest BCUT2D eigenvalue weighted by Gasteiger charge is -2.22. The SMILES string of the molecule is CS(=O)(=O)N(CC(F)(F)F)c1cn(-c2c(Cl)cc(C(F)(F)F)cc2Cl)nc1C#N. The van der Waals surface area contributed by atoms with Crippen LogP contribution in [0.15, 0.2) is 18.3 Å². The zero-order valence-electron chi connectivity index (χ0n) is 14.0. The van der Waals surface area contributed by atoms with Crippen LogP contribution in [0.25, 0.3) is 5.69 Å². The summed E-state index contributed by atoms with van der Waals surface area (Å²) in [6.45, 7) is -1.96. The van der Waals surface area contributed by atoms with Crippen molar-refractivity contribution < 1.29 is 34.8 Å². The lowest BCUT2D eigenvalue weighted by atomic mass is 10.2. The van der Waals surface area contributed by atoms with Gasteiger partial charge in [-0.15, -0.1) is 0 Å². The van der Waals surface area contributed by atoms with Gasteiger partial charge in [0.2, 0.25) is 10.0 Å². The molecule has 1 aromatic carbocycles. The fraction of sp³-hybridized carbons (Fsp3) is 0.286. The van der Waals surface area contributed by atoms with Crippen LogP contribution in [0.4, 0.5) is 32.0 Å². The molecule has 0 aliphatic rings. The Morgan fingerprint density at radius 1 is 1.17 bits per heavy atom. The van der Waals surface area contributed by atoms with E-state index >= 15 is 0 Å². The average molecular weight is 481 g/mol. The first-order valence-corrected chi connectivity index (χ1v) is 9.76. The molecule has 15 heteroatoms. The highest BCUT2D eigenvalue weighted by molar-refractivity contribution is 7.92. The van der Waals surface area contributed by atoms with Crippen molar-refractivity contribution in [2.24, 2.45) is 0 Å². The van der Waals surface area contributed by atoms with Crippen molar-refractivity contribution in [3.8, 4) is 11.8 Å². The summed E-state index contributed by atoms with van der Waals surface area (Å²) < 4.78 is 101. The quantitative estimate of drug-likeness (QED) is 0.607. The molecule has 6 nitrogen and oxygen atoms in total. The smallest absolute Gasteiger partial charge is 0.257 e. The summed E-state index contributed by atoms with van der Waals surface area (Å²) >= 11 is 11.6. The maximum absolute atomic E-state index is 12.8. The number of sulfonamides is 1. The van der Waals surface area contributed by atoms with Gasteiger partial charge in [-0.3, -0.25) is 4.31 Å². The van der Waals surface area contributed by atoms with E-state index in [9.17, 15) is 34.8 Å². The van der Waals surface area contributed by atoms with Crippen LogP contribution >= 0.6 is 23.2 Å². The molecule has 29 heavy (non-hydrogen) atoms. The Kier molecular flexibility index (Phi) is 6.04. The Morgan fingerprint density at radius 2 is 1.69 bits per heavy atom. The number of nitrogens with zero attached hydrogens (tertiary/aromatic N) is 4. The molecule has 0 radical (unpaired) electrons. The molecule has 0 aliphatic heterocycles. The maximum Gasteiger partial charge on any atom is 0.416 e. The van der Waals surface area contributed by atoms with E-state index in [0.29, 0.717) is 29.3 Å². The highest BCUT2D eigenvalue weighted by Crippen LogP contribution is 2.38. The van der Waals surface area contributed by atoms with E-state index in [1.165, 1.54) is 6.07 Å². The van der Waals surface area contributed by atoms with Crippen molar-refractivity contribution >= 4 is 38.9 Å². The van der Waals surface area contributed by atoms with Crippen molar-refractivity contribution in [2.45, 2.75) is 12.4 Å². The second-order valence-electron chi connectivity index (χ2n) is 5.59. The van der Waals surface area contributed by atoms with Gasteiger partial charge in [0.15, 0.2) is 5.69 Å². The molecule has 0 unspecified atom stereocenters. The van der Waals surface area contributed by atoms with Crippen molar-refractivity contribution in [1.82, 2.24) is 9.78 Å². The summed E-state index contributed by atoms with van der Waals surface area (Å²) in [5.41, 5.74) is -3.07. The highest BCUT2D eigenvalue weighted by atomic mass is 35.5. The summed E-state index contributed by atoms with van der Waals surface area (Å²) in [5.74, 6) is 0. The number of alkyl halides is 6. The Labute approximate surface area is 169 Å². The van der Waals surface area contributed by atoms with Gasteiger partial charge in [0.1, 0.15) is 24.0 Å². The molecule has 0 bridgehead atoms. The van der Waals surface area contributed by atoms with Gasteiger partial charge in [-0.2, -0.15) is 36.7 Å². The molecule has 0 aliphatic carbocycles. The van der Waals surface area contributed by atoms with Gasteiger partial charge < -0.3 is 0 Å². The summed E-state index contributed by atoms with van der Waals surface area (Å²) in [6, 6.07) is 2.43. The third-order valence-electron chi connectivity index (χ3n) is 3.37. The summed E-state index contributed by atoms with van der Waals surface area (Å²) in [5, 5.41) is 11.6. The van der Waals surface area contributed by atoms with Crippen LogP contribution in [0.1, 0.15) is 11.3 Å². The van der Waals surface area contributed by atoms with Gasteiger partial charge in [0.25, 0.3) is 0 Å². The molecule has 0 saturated carbocycles. The fourth-order valence-electron chi connectivity index (χ4n) is 2.23. The van der Waals surface area contributed by atoms with Crippen LogP contribution in [0.3, 0.4) is 0 Å². The number of anilines is 1. The second kappa shape index (κ2) is 7.58. The molecular weight excluding hydrogens is 473 g/mol. The molecule has 158 valence electrons. The second-order valence-corrected chi connectivity index (χ2v) is 8.31. The number of aromatic nitrogens is 2. The molecule has 0 spiro atoms. The molecule has 0 fully saturated rings. The fourth-order valence-corrected chi connectivity index (χ4v) is 3.77. The third kappa shape index (κ3) is 5.26. The summed E-state index contributed by atoms with van der Waals surface area (Å²) in [6.07, 6.45) is -8.55. The summed E-state index contributed by atoms with van der Waals surface area (Å²) in [4.78, 5) is 0. The molecule has 0 atom stereocenters. The number of hydrogen-bond donors (Lipinski definition) is 0. The average Bonchev–Trinajstić information content (AvgIpc) is 2.92. The number of hydrogen-bond acceptors (Lipinski definition) is 4.